The van der Waals surface area contributed by atoms with E-state index in [1.54, 1.807) is 17.8 Å². The van der Waals surface area contributed by atoms with Crippen LogP contribution in [0.1, 0.15) is 23.7 Å². The third kappa shape index (κ3) is 1.93. The molecule has 1 N–H and O–H groups in total. The lowest BCUT2D eigenvalue weighted by Gasteiger charge is -2.13. The first-order chi connectivity index (χ1) is 8.65. The number of hydrogen-bond acceptors (Lipinski definition) is 4. The second kappa shape index (κ2) is 4.40. The topological polar surface area (TPSA) is 55.4 Å². The van der Waals surface area contributed by atoms with Crippen molar-refractivity contribution >= 4 is 29.1 Å². The summed E-state index contributed by atoms with van der Waals surface area (Å²) in [6.45, 7) is 2.88. The molecule has 0 bridgehead atoms. The highest BCUT2D eigenvalue weighted by molar-refractivity contribution is 8.00. The van der Waals surface area contributed by atoms with Gasteiger partial charge in [-0.25, -0.2) is 0 Å². The van der Waals surface area contributed by atoms with Gasteiger partial charge >= 0.3 is 0 Å². The molecular formula is C13H13NO3S. The molecule has 1 saturated heterocycles. The van der Waals surface area contributed by atoms with Crippen molar-refractivity contribution in [3.05, 3.63) is 23.8 Å². The molecule has 2 aliphatic heterocycles. The Balaban J connectivity index is 1.81. The van der Waals surface area contributed by atoms with Crippen molar-refractivity contribution in [2.75, 3.05) is 11.9 Å². The zero-order valence-corrected chi connectivity index (χ0v) is 10.8. The Kier molecular flexibility index (Phi) is 2.87. The fourth-order valence-corrected chi connectivity index (χ4v) is 3.41. The van der Waals surface area contributed by atoms with Crippen LogP contribution in [0.4, 0.5) is 5.69 Å². The average Bonchev–Trinajstić information content (AvgIpc) is 2.86. The van der Waals surface area contributed by atoms with Gasteiger partial charge in [-0.05, 0) is 31.5 Å². The van der Waals surface area contributed by atoms with Gasteiger partial charge in [0.05, 0.1) is 17.4 Å². The molecule has 0 spiro atoms. The minimum Gasteiger partial charge on any atom is -0.377 e. The Morgan fingerprint density at radius 3 is 2.94 bits per heavy atom. The lowest BCUT2D eigenvalue weighted by atomic mass is 10.1. The summed E-state index contributed by atoms with van der Waals surface area (Å²) >= 11 is 1.74. The van der Waals surface area contributed by atoms with Crippen LogP contribution in [0.15, 0.2) is 23.1 Å². The molecule has 1 amide bonds. The predicted octanol–water partition coefficient (Wildman–Crippen LogP) is 2.09. The van der Waals surface area contributed by atoms with Gasteiger partial charge in [0.2, 0.25) is 0 Å². The summed E-state index contributed by atoms with van der Waals surface area (Å²) < 4.78 is 5.52. The van der Waals surface area contributed by atoms with Crippen LogP contribution in [0.3, 0.4) is 0 Å². The number of carbonyl (C=O) groups excluding carboxylic acids is 2. The SMILES string of the molecule is CC1OCCC1Sc1ccc2c(c1)NC(=O)C2=O. The van der Waals surface area contributed by atoms with Crippen LogP contribution in [0.2, 0.25) is 0 Å². The van der Waals surface area contributed by atoms with Gasteiger partial charge in [0.15, 0.2) is 0 Å². The molecule has 5 heteroatoms. The van der Waals surface area contributed by atoms with E-state index in [4.69, 9.17) is 4.74 Å². The number of rotatable bonds is 2. The van der Waals surface area contributed by atoms with Gasteiger partial charge in [-0.3, -0.25) is 9.59 Å². The van der Waals surface area contributed by atoms with Gasteiger partial charge in [-0.15, -0.1) is 11.8 Å². The minimum atomic E-state index is -0.537. The van der Waals surface area contributed by atoms with Crippen molar-refractivity contribution in [1.82, 2.24) is 0 Å². The predicted molar refractivity (Wildman–Crippen MR) is 69.1 cm³/mol. The first-order valence-corrected chi connectivity index (χ1v) is 6.81. The van der Waals surface area contributed by atoms with Crippen LogP contribution >= 0.6 is 11.8 Å². The van der Waals surface area contributed by atoms with Crippen molar-refractivity contribution in [1.29, 1.82) is 0 Å². The summed E-state index contributed by atoms with van der Waals surface area (Å²) in [6.07, 6.45) is 1.29. The van der Waals surface area contributed by atoms with E-state index >= 15 is 0 Å². The van der Waals surface area contributed by atoms with Crippen molar-refractivity contribution in [2.24, 2.45) is 0 Å². The second-order valence-corrected chi connectivity index (χ2v) is 5.82. The number of benzene rings is 1. The summed E-state index contributed by atoms with van der Waals surface area (Å²) in [4.78, 5) is 23.8. The molecule has 94 valence electrons. The van der Waals surface area contributed by atoms with Crippen LogP contribution in [0.5, 0.6) is 0 Å². The van der Waals surface area contributed by atoms with Crippen LogP contribution in [-0.2, 0) is 9.53 Å². The number of carbonyl (C=O) groups is 2. The van der Waals surface area contributed by atoms with Gasteiger partial charge in [0.25, 0.3) is 11.7 Å². The molecule has 0 saturated carbocycles. The maximum atomic E-state index is 11.5. The first kappa shape index (κ1) is 11.7. The number of thioether (sulfide) groups is 1. The van der Waals surface area contributed by atoms with Crippen LogP contribution in [0, 0.1) is 0 Å². The Labute approximate surface area is 109 Å². The molecule has 0 radical (unpaired) electrons. The number of hydrogen-bond donors (Lipinski definition) is 1. The van der Waals surface area contributed by atoms with Gasteiger partial charge in [0, 0.05) is 16.8 Å². The largest absolute Gasteiger partial charge is 0.377 e. The highest BCUT2D eigenvalue weighted by Crippen LogP contribution is 2.35. The third-order valence-electron chi connectivity index (χ3n) is 3.28. The highest BCUT2D eigenvalue weighted by atomic mass is 32.2. The molecule has 0 aliphatic carbocycles. The molecule has 2 unspecified atom stereocenters. The molecule has 1 aromatic rings. The summed E-state index contributed by atoms with van der Waals surface area (Å²) in [5.74, 6) is -0.983. The van der Waals surface area contributed by atoms with Gasteiger partial charge in [-0.1, -0.05) is 0 Å². The van der Waals surface area contributed by atoms with E-state index in [9.17, 15) is 9.59 Å². The van der Waals surface area contributed by atoms with E-state index in [2.05, 4.69) is 12.2 Å². The maximum absolute atomic E-state index is 11.5. The van der Waals surface area contributed by atoms with E-state index in [-0.39, 0.29) is 6.10 Å². The summed E-state index contributed by atoms with van der Waals surface area (Å²) in [5, 5.41) is 3.03. The number of ether oxygens (including phenoxy) is 1. The number of amides is 1. The number of anilines is 1. The summed E-state index contributed by atoms with van der Waals surface area (Å²) in [5.41, 5.74) is 1.10. The molecule has 1 fully saturated rings. The third-order valence-corrected chi connectivity index (χ3v) is 4.73. The Hall–Kier alpha value is -1.33. The van der Waals surface area contributed by atoms with Crippen molar-refractivity contribution in [3.63, 3.8) is 0 Å². The van der Waals surface area contributed by atoms with E-state index < -0.39 is 11.7 Å². The fourth-order valence-electron chi connectivity index (χ4n) is 2.24. The van der Waals surface area contributed by atoms with E-state index in [1.807, 2.05) is 12.1 Å². The molecule has 0 aromatic heterocycles. The molecule has 18 heavy (non-hydrogen) atoms. The first-order valence-electron chi connectivity index (χ1n) is 5.93. The Morgan fingerprint density at radius 1 is 1.39 bits per heavy atom. The van der Waals surface area contributed by atoms with E-state index in [0.717, 1.165) is 17.9 Å². The summed E-state index contributed by atoms with van der Waals surface area (Å²) in [6, 6.07) is 5.49. The molecule has 4 nitrogen and oxygen atoms in total. The van der Waals surface area contributed by atoms with Crippen molar-refractivity contribution in [2.45, 2.75) is 29.6 Å². The standard InChI is InChI=1S/C13H13NO3S/c1-7-11(4-5-17-7)18-8-2-3-9-10(6-8)14-13(16)12(9)15/h2-3,6-7,11H,4-5H2,1H3,(H,14,15,16). The van der Waals surface area contributed by atoms with Crippen LogP contribution < -0.4 is 5.32 Å². The normalized spacial score (nSPS) is 26.3. The monoisotopic (exact) mass is 263 g/mol. The average molecular weight is 263 g/mol. The summed E-state index contributed by atoms with van der Waals surface area (Å²) in [7, 11) is 0. The highest BCUT2D eigenvalue weighted by Gasteiger charge is 2.29. The zero-order valence-electron chi connectivity index (χ0n) is 9.93. The number of nitrogens with one attached hydrogen (secondary N) is 1. The van der Waals surface area contributed by atoms with Crippen molar-refractivity contribution in [3.8, 4) is 0 Å². The van der Waals surface area contributed by atoms with Crippen LogP contribution in [0.25, 0.3) is 0 Å². The second-order valence-electron chi connectivity index (χ2n) is 4.51. The molecule has 2 heterocycles. The molecule has 1 aromatic carbocycles. The Bertz CT molecular complexity index is 529. The minimum absolute atomic E-state index is 0.250. The molecular weight excluding hydrogens is 250 g/mol. The van der Waals surface area contributed by atoms with E-state index in [1.165, 1.54) is 0 Å². The quantitative estimate of drug-likeness (QED) is 0.830. The van der Waals surface area contributed by atoms with Crippen molar-refractivity contribution < 1.29 is 14.3 Å². The lowest BCUT2D eigenvalue weighted by molar-refractivity contribution is -0.112. The van der Waals surface area contributed by atoms with Gasteiger partial charge < -0.3 is 10.1 Å². The van der Waals surface area contributed by atoms with Gasteiger partial charge in [0.1, 0.15) is 0 Å². The molecule has 2 atom stereocenters. The zero-order chi connectivity index (χ0) is 12.7. The molecule has 2 aliphatic rings. The smallest absolute Gasteiger partial charge is 0.296 e. The molecule has 3 rings (SSSR count). The van der Waals surface area contributed by atoms with E-state index in [0.29, 0.717) is 16.5 Å². The van der Waals surface area contributed by atoms with Gasteiger partial charge in [-0.2, -0.15) is 0 Å². The van der Waals surface area contributed by atoms with Crippen LogP contribution in [-0.4, -0.2) is 29.7 Å². The maximum Gasteiger partial charge on any atom is 0.296 e. The number of ketones is 1. The number of Topliss-reactive ketones (excluding diaryl/α,β-unsaturated/α-hetero) is 1. The lowest BCUT2D eigenvalue weighted by Crippen LogP contribution is -2.12. The Morgan fingerprint density at radius 2 is 2.22 bits per heavy atom. The number of fused-ring (bicyclic) bond motifs is 1. The fraction of sp³-hybridized carbons (Fsp3) is 0.385.